The first kappa shape index (κ1) is 24.6. The van der Waals surface area contributed by atoms with Gasteiger partial charge in [-0.2, -0.15) is 0 Å². The number of nitrogens with two attached hydrogens (primary N) is 1. The van der Waals surface area contributed by atoms with Crippen LogP contribution in [0.15, 0.2) is 0 Å². The number of nitrogens with zero attached hydrogens (tertiary/aromatic N) is 1. The molecule has 2 saturated heterocycles. The number of methoxy groups -OCH3 is 1. The molecule has 2 rings (SSSR count). The third-order valence-corrected chi connectivity index (χ3v) is 6.78. The second kappa shape index (κ2) is 9.22. The van der Waals surface area contributed by atoms with E-state index in [1.165, 1.54) is 0 Å². The Labute approximate surface area is 179 Å². The molecule has 172 valence electrons. The lowest BCUT2D eigenvalue weighted by atomic mass is 9.83. The highest BCUT2D eigenvalue weighted by Gasteiger charge is 2.69. The Morgan fingerprint density at radius 3 is 2.43 bits per heavy atom. The summed E-state index contributed by atoms with van der Waals surface area (Å²) in [5.74, 6) is -0.858. The summed E-state index contributed by atoms with van der Waals surface area (Å²) >= 11 is 0. The van der Waals surface area contributed by atoms with Crippen LogP contribution in [0.3, 0.4) is 0 Å². The van der Waals surface area contributed by atoms with Crippen molar-refractivity contribution >= 4 is 17.8 Å². The highest BCUT2D eigenvalue weighted by Crippen LogP contribution is 2.48. The molecule has 0 saturated carbocycles. The molecule has 0 unspecified atom stereocenters. The van der Waals surface area contributed by atoms with Crippen molar-refractivity contribution in [1.29, 1.82) is 0 Å². The van der Waals surface area contributed by atoms with Crippen molar-refractivity contribution in [3.63, 3.8) is 0 Å². The molecule has 2 fully saturated rings. The fraction of sp³-hybridized carbons (Fsp3) is 0.864. The van der Waals surface area contributed by atoms with Crippen LogP contribution in [0.4, 0.5) is 4.79 Å². The van der Waals surface area contributed by atoms with Gasteiger partial charge in [0.1, 0.15) is 18.3 Å². The first-order valence-electron chi connectivity index (χ1n) is 10.9. The van der Waals surface area contributed by atoms with Crippen molar-refractivity contribution in [3.05, 3.63) is 0 Å². The van der Waals surface area contributed by atoms with Gasteiger partial charge in [0.15, 0.2) is 5.60 Å². The summed E-state index contributed by atoms with van der Waals surface area (Å²) in [6.45, 7) is 12.0. The molecule has 0 spiro atoms. The van der Waals surface area contributed by atoms with Crippen molar-refractivity contribution in [1.82, 2.24) is 4.90 Å². The Kier molecular flexibility index (Phi) is 7.56. The first-order chi connectivity index (χ1) is 13.9. The van der Waals surface area contributed by atoms with E-state index in [4.69, 9.17) is 19.9 Å². The lowest BCUT2D eigenvalue weighted by molar-refractivity contribution is -0.163. The first-order valence-corrected chi connectivity index (χ1v) is 10.9. The van der Waals surface area contributed by atoms with Gasteiger partial charge in [-0.15, -0.1) is 0 Å². The lowest BCUT2D eigenvalue weighted by Crippen LogP contribution is -2.48. The van der Waals surface area contributed by atoms with Gasteiger partial charge >= 0.3 is 12.1 Å². The van der Waals surface area contributed by atoms with Crippen molar-refractivity contribution in [3.8, 4) is 0 Å². The van der Waals surface area contributed by atoms with Gasteiger partial charge in [0, 0.05) is 13.0 Å². The molecule has 0 radical (unpaired) electrons. The quantitative estimate of drug-likeness (QED) is 0.290. The second-order valence-electron chi connectivity index (χ2n) is 9.48. The van der Waals surface area contributed by atoms with Gasteiger partial charge in [-0.25, -0.2) is 4.79 Å². The SMILES string of the molecule is CC[C@@H](OC(=O)CC(=O)[C@H](C)C[C@@](C)(C[C@@H](C)CN)OC)[C@@]1(C)OC(=O)N2[C@@H](C)[C@@H]21. The van der Waals surface area contributed by atoms with E-state index >= 15 is 0 Å². The largest absolute Gasteiger partial charge is 0.458 e. The van der Waals surface area contributed by atoms with Gasteiger partial charge in [0.25, 0.3) is 0 Å². The van der Waals surface area contributed by atoms with Gasteiger partial charge in [-0.05, 0) is 52.5 Å². The molecule has 2 aliphatic rings. The molecular formula is C22H38N2O6. The van der Waals surface area contributed by atoms with Gasteiger partial charge < -0.3 is 19.9 Å². The summed E-state index contributed by atoms with van der Waals surface area (Å²) < 4.78 is 16.8. The number of fused-ring (bicyclic) bond motifs is 1. The molecule has 0 aliphatic carbocycles. The minimum Gasteiger partial charge on any atom is -0.458 e. The topological polar surface area (TPSA) is 108 Å². The Bertz CT molecular complexity index is 670. The molecule has 0 aromatic carbocycles. The molecular weight excluding hydrogens is 388 g/mol. The maximum absolute atomic E-state index is 12.7. The molecule has 1 amide bonds. The standard InChI is InChI=1S/C22H38N2O6/c1-8-17(22(6)19-15(4)24(19)20(27)30-22)29-18(26)9-16(25)14(3)11-21(5,28-7)10-13(2)12-23/h13-15,17,19H,8-12,23H2,1-7H3/t13-,14-,15+,17-,19-,21-,22-,24?/m1/s1. The van der Waals surface area contributed by atoms with Crippen LogP contribution in [0.5, 0.6) is 0 Å². The number of esters is 1. The van der Waals surface area contributed by atoms with Crippen LogP contribution < -0.4 is 5.73 Å². The van der Waals surface area contributed by atoms with Gasteiger partial charge in [-0.1, -0.05) is 20.8 Å². The highest BCUT2D eigenvalue weighted by atomic mass is 16.6. The van der Waals surface area contributed by atoms with Crippen LogP contribution in [-0.2, 0) is 23.8 Å². The van der Waals surface area contributed by atoms with E-state index in [0.29, 0.717) is 19.4 Å². The number of ketones is 1. The van der Waals surface area contributed by atoms with Crippen molar-refractivity contribution in [2.45, 2.75) is 96.6 Å². The van der Waals surface area contributed by atoms with E-state index in [2.05, 4.69) is 0 Å². The van der Waals surface area contributed by atoms with Gasteiger partial charge in [0.05, 0.1) is 17.7 Å². The van der Waals surface area contributed by atoms with Crippen LogP contribution >= 0.6 is 0 Å². The summed E-state index contributed by atoms with van der Waals surface area (Å²) in [6.07, 6.45) is 0.458. The monoisotopic (exact) mass is 426 g/mol. The maximum Gasteiger partial charge on any atom is 0.411 e. The number of carbonyl (C=O) groups is 3. The normalized spacial score (nSPS) is 30.0. The average Bonchev–Trinajstić information content (AvgIpc) is 3.28. The number of ether oxygens (including phenoxy) is 3. The average molecular weight is 427 g/mol. The van der Waals surface area contributed by atoms with Crippen LogP contribution in [-0.4, -0.2) is 65.8 Å². The summed E-state index contributed by atoms with van der Waals surface area (Å²) in [5.41, 5.74) is 4.35. The number of Topliss-reactive ketones (excluding diaryl/α,β-unsaturated/α-hetero) is 1. The van der Waals surface area contributed by atoms with E-state index in [0.717, 1.165) is 6.42 Å². The zero-order valence-electron chi connectivity index (χ0n) is 19.4. The van der Waals surface area contributed by atoms with Crippen molar-refractivity contribution in [2.24, 2.45) is 17.6 Å². The van der Waals surface area contributed by atoms with E-state index in [1.807, 2.05) is 27.7 Å². The lowest BCUT2D eigenvalue weighted by Gasteiger charge is -2.33. The third-order valence-electron chi connectivity index (χ3n) is 6.78. The third kappa shape index (κ3) is 4.97. The Morgan fingerprint density at radius 1 is 1.33 bits per heavy atom. The smallest absolute Gasteiger partial charge is 0.411 e. The molecule has 8 heteroatoms. The molecule has 2 N–H and O–H groups in total. The summed E-state index contributed by atoms with van der Waals surface area (Å²) in [4.78, 5) is 38.8. The number of amides is 1. The van der Waals surface area contributed by atoms with Gasteiger partial charge in [0.2, 0.25) is 0 Å². The van der Waals surface area contributed by atoms with E-state index in [9.17, 15) is 14.4 Å². The minimum atomic E-state index is -0.886. The number of carbonyl (C=O) groups excluding carboxylic acids is 3. The van der Waals surface area contributed by atoms with Crippen LogP contribution in [0.25, 0.3) is 0 Å². The number of cyclic esters (lactones) is 1. The number of rotatable bonds is 12. The minimum absolute atomic E-state index is 0.0771. The van der Waals surface area contributed by atoms with Crippen LogP contribution in [0.1, 0.15) is 67.2 Å². The second-order valence-corrected chi connectivity index (χ2v) is 9.48. The maximum atomic E-state index is 12.7. The molecule has 8 nitrogen and oxygen atoms in total. The summed E-state index contributed by atoms with van der Waals surface area (Å²) in [7, 11) is 1.63. The zero-order chi connectivity index (χ0) is 22.9. The Hall–Kier alpha value is -1.67. The summed E-state index contributed by atoms with van der Waals surface area (Å²) in [6, 6.07) is -0.0161. The fourth-order valence-corrected chi connectivity index (χ4v) is 4.90. The molecule has 0 bridgehead atoms. The number of hydrogen-bond acceptors (Lipinski definition) is 7. The van der Waals surface area contributed by atoms with E-state index in [1.54, 1.807) is 25.9 Å². The van der Waals surface area contributed by atoms with Crippen LogP contribution in [0, 0.1) is 11.8 Å². The molecule has 2 aliphatic heterocycles. The molecule has 0 aromatic heterocycles. The van der Waals surface area contributed by atoms with Crippen molar-refractivity contribution in [2.75, 3.05) is 13.7 Å². The highest BCUT2D eigenvalue weighted by molar-refractivity contribution is 5.96. The Balaban J connectivity index is 1.93. The Morgan fingerprint density at radius 2 is 1.97 bits per heavy atom. The fourth-order valence-electron chi connectivity index (χ4n) is 4.90. The molecule has 0 aromatic rings. The summed E-state index contributed by atoms with van der Waals surface area (Å²) in [5, 5.41) is 0. The zero-order valence-corrected chi connectivity index (χ0v) is 19.4. The number of hydrogen-bond donors (Lipinski definition) is 1. The van der Waals surface area contributed by atoms with Crippen LogP contribution in [0.2, 0.25) is 0 Å². The van der Waals surface area contributed by atoms with Crippen molar-refractivity contribution < 1.29 is 28.6 Å². The predicted molar refractivity (Wildman–Crippen MR) is 112 cm³/mol. The van der Waals surface area contributed by atoms with E-state index < -0.39 is 23.3 Å². The molecule has 2 heterocycles. The van der Waals surface area contributed by atoms with Gasteiger partial charge in [-0.3, -0.25) is 14.5 Å². The molecule has 30 heavy (non-hydrogen) atoms. The predicted octanol–water partition coefficient (Wildman–Crippen LogP) is 2.67. The van der Waals surface area contributed by atoms with E-state index in [-0.39, 0.29) is 42.2 Å². The molecule has 7 atom stereocenters.